The third-order valence-electron chi connectivity index (χ3n) is 6.30. The summed E-state index contributed by atoms with van der Waals surface area (Å²) in [4.78, 5) is 25.4. The summed E-state index contributed by atoms with van der Waals surface area (Å²) in [5.74, 6) is 0.0797. The zero-order chi connectivity index (χ0) is 24.6. The number of nitro groups is 1. The zero-order valence-corrected chi connectivity index (χ0v) is 20.0. The molecule has 0 N–H and O–H groups in total. The molecule has 1 aliphatic heterocycles. The second kappa shape index (κ2) is 11.8. The van der Waals surface area contributed by atoms with Crippen molar-refractivity contribution in [2.24, 2.45) is 0 Å². The second-order valence-electron chi connectivity index (χ2n) is 8.64. The van der Waals surface area contributed by atoms with E-state index in [1.54, 1.807) is 30.3 Å². The van der Waals surface area contributed by atoms with Crippen molar-refractivity contribution < 1.29 is 14.5 Å². The lowest BCUT2D eigenvalue weighted by Gasteiger charge is -2.34. The molecule has 1 fully saturated rings. The molecule has 35 heavy (non-hydrogen) atoms. The van der Waals surface area contributed by atoms with E-state index in [0.717, 1.165) is 31.5 Å². The molecule has 0 bridgehead atoms. The van der Waals surface area contributed by atoms with Crippen molar-refractivity contribution in [2.75, 3.05) is 19.6 Å². The first-order valence-corrected chi connectivity index (χ1v) is 12.0. The van der Waals surface area contributed by atoms with Crippen molar-refractivity contribution >= 4 is 29.3 Å². The third-order valence-corrected chi connectivity index (χ3v) is 6.55. The Labute approximate surface area is 209 Å². The van der Waals surface area contributed by atoms with Gasteiger partial charge in [0.25, 0.3) is 5.69 Å². The number of halogens is 1. The summed E-state index contributed by atoms with van der Waals surface area (Å²) in [6.45, 7) is 2.46. The van der Waals surface area contributed by atoms with Crippen molar-refractivity contribution in [3.05, 3.63) is 117 Å². The van der Waals surface area contributed by atoms with E-state index < -0.39 is 17.0 Å². The first-order chi connectivity index (χ1) is 17.0. The average molecular weight is 491 g/mol. The Morgan fingerprint density at radius 1 is 1.03 bits per heavy atom. The summed E-state index contributed by atoms with van der Waals surface area (Å²) in [6, 6.07) is 24.0. The maximum atomic E-state index is 12.7. The molecule has 6 nitrogen and oxygen atoms in total. The van der Waals surface area contributed by atoms with Crippen LogP contribution in [0, 0.1) is 10.1 Å². The average Bonchev–Trinajstić information content (AvgIpc) is 2.89. The van der Waals surface area contributed by atoms with Crippen LogP contribution in [0.4, 0.5) is 5.69 Å². The zero-order valence-electron chi connectivity index (χ0n) is 19.3. The van der Waals surface area contributed by atoms with Crippen LogP contribution in [-0.4, -0.2) is 35.4 Å². The number of hydrogen-bond donors (Lipinski definition) is 0. The van der Waals surface area contributed by atoms with Gasteiger partial charge in [0.2, 0.25) is 0 Å². The first kappa shape index (κ1) is 24.6. The quantitative estimate of drug-likeness (QED) is 0.157. The monoisotopic (exact) mass is 490 g/mol. The van der Waals surface area contributed by atoms with Crippen molar-refractivity contribution in [1.29, 1.82) is 0 Å². The number of likely N-dealkylation sites (tertiary alicyclic amines) is 1. The van der Waals surface area contributed by atoms with Crippen molar-refractivity contribution in [3.63, 3.8) is 0 Å². The molecule has 0 aliphatic carbocycles. The number of hydrogen-bond acceptors (Lipinski definition) is 5. The fourth-order valence-corrected chi connectivity index (χ4v) is 4.47. The highest BCUT2D eigenvalue weighted by molar-refractivity contribution is 6.30. The summed E-state index contributed by atoms with van der Waals surface area (Å²) < 4.78 is 5.86. The molecule has 7 heteroatoms. The van der Waals surface area contributed by atoms with Gasteiger partial charge in [0.15, 0.2) is 0 Å². The second-order valence-corrected chi connectivity index (χ2v) is 9.08. The van der Waals surface area contributed by atoms with E-state index >= 15 is 0 Å². The minimum atomic E-state index is -0.470. The van der Waals surface area contributed by atoms with Crippen LogP contribution < -0.4 is 0 Å². The summed E-state index contributed by atoms with van der Waals surface area (Å²) in [7, 11) is 0. The molecule has 1 saturated heterocycles. The Balaban J connectivity index is 1.40. The molecule has 1 atom stereocenters. The van der Waals surface area contributed by atoms with E-state index in [0.29, 0.717) is 23.0 Å². The van der Waals surface area contributed by atoms with Gasteiger partial charge in [-0.25, -0.2) is 4.79 Å². The molecule has 4 rings (SSSR count). The van der Waals surface area contributed by atoms with Gasteiger partial charge >= 0.3 is 5.97 Å². The molecule has 0 amide bonds. The number of nitro benzene ring substituents is 1. The van der Waals surface area contributed by atoms with Crippen LogP contribution >= 0.6 is 11.6 Å². The molecule has 180 valence electrons. The Morgan fingerprint density at radius 3 is 2.31 bits per heavy atom. The maximum absolute atomic E-state index is 12.7. The van der Waals surface area contributed by atoms with E-state index in [9.17, 15) is 14.9 Å². The number of nitrogens with zero attached hydrogens (tertiary/aromatic N) is 2. The maximum Gasteiger partial charge on any atom is 0.331 e. The van der Waals surface area contributed by atoms with Gasteiger partial charge in [0.1, 0.15) is 6.10 Å². The lowest BCUT2D eigenvalue weighted by atomic mass is 9.89. The predicted molar refractivity (Wildman–Crippen MR) is 137 cm³/mol. The topological polar surface area (TPSA) is 72.7 Å². The summed E-state index contributed by atoms with van der Waals surface area (Å²) in [6.07, 6.45) is 4.63. The molecule has 1 heterocycles. The van der Waals surface area contributed by atoms with E-state index in [-0.39, 0.29) is 5.69 Å². The fourth-order valence-electron chi connectivity index (χ4n) is 4.35. The Hall–Kier alpha value is -3.48. The fraction of sp³-hybridized carbons (Fsp3) is 0.250. The predicted octanol–water partition coefficient (Wildman–Crippen LogP) is 6.43. The minimum Gasteiger partial charge on any atom is -0.453 e. The highest BCUT2D eigenvalue weighted by Gasteiger charge is 2.25. The smallest absolute Gasteiger partial charge is 0.331 e. The van der Waals surface area contributed by atoms with Gasteiger partial charge < -0.3 is 4.74 Å². The van der Waals surface area contributed by atoms with E-state index in [4.69, 9.17) is 16.3 Å². The molecule has 3 aromatic carbocycles. The van der Waals surface area contributed by atoms with Crippen LogP contribution in [0.5, 0.6) is 0 Å². The number of rotatable bonds is 8. The lowest BCUT2D eigenvalue weighted by molar-refractivity contribution is -0.384. The third kappa shape index (κ3) is 7.01. The molecular weight excluding hydrogens is 464 g/mol. The molecule has 0 aromatic heterocycles. The molecule has 1 unspecified atom stereocenters. The van der Waals surface area contributed by atoms with E-state index in [1.165, 1.54) is 23.8 Å². The normalized spacial score (nSPS) is 15.7. The molecule has 0 spiro atoms. The Morgan fingerprint density at radius 2 is 1.69 bits per heavy atom. The van der Waals surface area contributed by atoms with Crippen LogP contribution in [0.2, 0.25) is 5.02 Å². The number of benzene rings is 3. The highest BCUT2D eigenvalue weighted by Crippen LogP contribution is 2.30. The number of piperidine rings is 1. The molecule has 1 aliphatic rings. The Bertz CT molecular complexity index is 1160. The molecule has 3 aromatic rings. The van der Waals surface area contributed by atoms with Gasteiger partial charge in [-0.2, -0.15) is 0 Å². The summed E-state index contributed by atoms with van der Waals surface area (Å²) in [5, 5.41) is 11.4. The van der Waals surface area contributed by atoms with Crippen molar-refractivity contribution in [1.82, 2.24) is 4.90 Å². The van der Waals surface area contributed by atoms with Crippen LogP contribution in [0.15, 0.2) is 84.9 Å². The van der Waals surface area contributed by atoms with Gasteiger partial charge in [-0.3, -0.25) is 15.0 Å². The number of carbonyl (C=O) groups excluding carboxylic acids is 1. The number of carbonyl (C=O) groups is 1. The van der Waals surface area contributed by atoms with E-state index in [1.807, 2.05) is 18.2 Å². The van der Waals surface area contributed by atoms with Gasteiger partial charge in [0, 0.05) is 29.8 Å². The van der Waals surface area contributed by atoms with Crippen molar-refractivity contribution in [3.8, 4) is 0 Å². The van der Waals surface area contributed by atoms with Gasteiger partial charge in [-0.05, 0) is 78.9 Å². The van der Waals surface area contributed by atoms with Crippen LogP contribution in [0.1, 0.15) is 41.6 Å². The van der Waals surface area contributed by atoms with Crippen molar-refractivity contribution in [2.45, 2.75) is 24.9 Å². The van der Waals surface area contributed by atoms with Crippen LogP contribution in [0.3, 0.4) is 0 Å². The van der Waals surface area contributed by atoms with Crippen LogP contribution in [-0.2, 0) is 9.53 Å². The SMILES string of the molecule is O=C(/C=C/c1ccc([N+](=O)[O-])cc1)OC(CN1CCC(c2ccccc2)CC1)c1ccc(Cl)cc1. The number of ether oxygens (including phenoxy) is 1. The molecule has 0 saturated carbocycles. The van der Waals surface area contributed by atoms with Gasteiger partial charge in [-0.1, -0.05) is 54.1 Å². The van der Waals surface area contributed by atoms with E-state index in [2.05, 4.69) is 29.2 Å². The summed E-state index contributed by atoms with van der Waals surface area (Å²) >= 11 is 6.06. The molecule has 0 radical (unpaired) electrons. The Kier molecular flexibility index (Phi) is 8.29. The lowest BCUT2D eigenvalue weighted by Crippen LogP contribution is -2.37. The molecular formula is C28H27ClN2O4. The minimum absolute atomic E-state index is 0.00330. The first-order valence-electron chi connectivity index (χ1n) is 11.6. The highest BCUT2D eigenvalue weighted by atomic mass is 35.5. The number of non-ortho nitro benzene ring substituents is 1. The summed E-state index contributed by atoms with van der Waals surface area (Å²) in [5.41, 5.74) is 2.95. The van der Waals surface area contributed by atoms with Crippen LogP contribution in [0.25, 0.3) is 6.08 Å². The number of esters is 1. The largest absolute Gasteiger partial charge is 0.453 e. The standard InChI is InChI=1S/C28H27ClN2O4/c29-25-11-9-24(10-12-25)27(20-30-18-16-23(17-19-30)22-4-2-1-3-5-22)35-28(32)15-8-21-6-13-26(14-7-21)31(33)34/h1-15,23,27H,16-20H2/b15-8+. The van der Waals surface area contributed by atoms with Gasteiger partial charge in [0.05, 0.1) is 4.92 Å². The van der Waals surface area contributed by atoms with Gasteiger partial charge in [-0.15, -0.1) is 0 Å².